The van der Waals surface area contributed by atoms with Crippen LogP contribution in [0.15, 0.2) is 22.8 Å². The van der Waals surface area contributed by atoms with Gasteiger partial charge in [0.15, 0.2) is 0 Å². The van der Waals surface area contributed by atoms with Crippen molar-refractivity contribution in [1.82, 2.24) is 5.32 Å². The number of carboxylic acids is 1. The van der Waals surface area contributed by atoms with Gasteiger partial charge in [-0.3, -0.25) is 10.1 Å². The molecule has 4 nitrogen and oxygen atoms in total. The first-order valence-electron chi connectivity index (χ1n) is 6.15. The number of nitrogens with one attached hydrogen (secondary N) is 1. The fraction of sp³-hybridized carbons (Fsp3) is 0.615. The van der Waals surface area contributed by atoms with Crippen LogP contribution in [0, 0.1) is 0 Å². The highest BCUT2D eigenvalue weighted by Gasteiger charge is 2.36. The largest absolute Gasteiger partial charge is 0.480 e. The molecular weight excluding hydrogens is 218 g/mol. The Morgan fingerprint density at radius 2 is 2.06 bits per heavy atom. The van der Waals surface area contributed by atoms with Crippen LogP contribution in [0.25, 0.3) is 0 Å². The van der Waals surface area contributed by atoms with E-state index >= 15 is 0 Å². The zero-order valence-electron chi connectivity index (χ0n) is 10.5. The molecule has 0 aliphatic rings. The number of aliphatic carboxylic acids is 1. The minimum Gasteiger partial charge on any atom is -0.480 e. The maximum Gasteiger partial charge on any atom is 0.323 e. The van der Waals surface area contributed by atoms with E-state index in [1.54, 1.807) is 12.3 Å². The Hall–Kier alpha value is -1.29. The van der Waals surface area contributed by atoms with E-state index in [-0.39, 0.29) is 0 Å². The molecule has 2 N–H and O–H groups in total. The minimum atomic E-state index is -0.823. The van der Waals surface area contributed by atoms with Crippen molar-refractivity contribution >= 4 is 5.97 Å². The zero-order valence-corrected chi connectivity index (χ0v) is 10.5. The number of furan rings is 1. The van der Waals surface area contributed by atoms with Gasteiger partial charge in [-0.15, -0.1) is 0 Å². The van der Waals surface area contributed by atoms with Crippen LogP contribution in [0.2, 0.25) is 0 Å². The molecule has 1 rings (SSSR count). The lowest BCUT2D eigenvalue weighted by atomic mass is 9.88. The summed E-state index contributed by atoms with van der Waals surface area (Å²) in [5.41, 5.74) is -0.823. The molecule has 1 heterocycles. The van der Waals surface area contributed by atoms with Crippen LogP contribution in [-0.4, -0.2) is 16.6 Å². The van der Waals surface area contributed by atoms with Gasteiger partial charge >= 0.3 is 5.97 Å². The Labute approximate surface area is 102 Å². The van der Waals surface area contributed by atoms with Gasteiger partial charge in [0.05, 0.1) is 12.8 Å². The third-order valence-corrected chi connectivity index (χ3v) is 2.94. The average Bonchev–Trinajstić information content (AvgIpc) is 2.79. The molecule has 4 heteroatoms. The molecule has 0 radical (unpaired) electrons. The molecule has 1 aromatic heterocycles. The molecule has 0 bridgehead atoms. The van der Waals surface area contributed by atoms with Crippen LogP contribution in [0.4, 0.5) is 0 Å². The summed E-state index contributed by atoms with van der Waals surface area (Å²) >= 11 is 0. The molecule has 96 valence electrons. The molecule has 0 aromatic carbocycles. The molecule has 0 unspecified atom stereocenters. The fourth-order valence-electron chi connectivity index (χ4n) is 2.11. The van der Waals surface area contributed by atoms with Gasteiger partial charge in [0.2, 0.25) is 0 Å². The Morgan fingerprint density at radius 1 is 1.41 bits per heavy atom. The summed E-state index contributed by atoms with van der Waals surface area (Å²) in [5, 5.41) is 12.6. The normalized spacial score (nSPS) is 11.6. The third kappa shape index (κ3) is 3.60. The highest BCUT2D eigenvalue weighted by molar-refractivity contribution is 5.78. The van der Waals surface area contributed by atoms with E-state index in [0.29, 0.717) is 19.4 Å². The van der Waals surface area contributed by atoms with Gasteiger partial charge < -0.3 is 9.52 Å². The van der Waals surface area contributed by atoms with Gasteiger partial charge in [-0.05, 0) is 25.0 Å². The number of hydrogen-bond donors (Lipinski definition) is 2. The molecule has 1 aromatic rings. The van der Waals surface area contributed by atoms with Crippen LogP contribution >= 0.6 is 0 Å². The lowest BCUT2D eigenvalue weighted by molar-refractivity contribution is -0.145. The zero-order chi connectivity index (χ0) is 12.7. The molecular formula is C13H21NO3. The fourth-order valence-corrected chi connectivity index (χ4v) is 2.11. The van der Waals surface area contributed by atoms with Gasteiger partial charge in [0.25, 0.3) is 0 Å². The Morgan fingerprint density at radius 3 is 2.47 bits per heavy atom. The summed E-state index contributed by atoms with van der Waals surface area (Å²) < 4.78 is 5.21. The number of hydrogen-bond acceptors (Lipinski definition) is 3. The van der Waals surface area contributed by atoms with Gasteiger partial charge in [-0.25, -0.2) is 0 Å². The Bertz CT molecular complexity index is 326. The van der Waals surface area contributed by atoms with Crippen molar-refractivity contribution in [2.75, 3.05) is 0 Å². The van der Waals surface area contributed by atoms with Crippen molar-refractivity contribution in [3.05, 3.63) is 24.2 Å². The predicted molar refractivity (Wildman–Crippen MR) is 65.7 cm³/mol. The lowest BCUT2D eigenvalue weighted by Gasteiger charge is -2.29. The van der Waals surface area contributed by atoms with Gasteiger partial charge in [0.1, 0.15) is 11.3 Å². The minimum absolute atomic E-state index is 0.458. The third-order valence-electron chi connectivity index (χ3n) is 2.94. The average molecular weight is 239 g/mol. The highest BCUT2D eigenvalue weighted by atomic mass is 16.4. The predicted octanol–water partition coefficient (Wildman–Crippen LogP) is 2.79. The maximum absolute atomic E-state index is 11.5. The molecule has 0 amide bonds. The van der Waals surface area contributed by atoms with Crippen LogP contribution in [0.3, 0.4) is 0 Å². The SMILES string of the molecule is CCCC(CCC)(NCc1ccco1)C(=O)O. The molecule has 0 saturated heterocycles. The number of carboxylic acid groups (broad SMARTS) is 1. The summed E-state index contributed by atoms with van der Waals surface area (Å²) in [4.78, 5) is 11.5. The van der Waals surface area contributed by atoms with E-state index in [1.807, 2.05) is 19.9 Å². The van der Waals surface area contributed by atoms with E-state index in [0.717, 1.165) is 18.6 Å². The first kappa shape index (κ1) is 13.8. The second kappa shape index (κ2) is 6.45. The topological polar surface area (TPSA) is 62.5 Å². The molecule has 0 aliphatic carbocycles. The van der Waals surface area contributed by atoms with Gasteiger partial charge in [0, 0.05) is 0 Å². The second-order valence-electron chi connectivity index (χ2n) is 4.32. The van der Waals surface area contributed by atoms with Crippen LogP contribution in [-0.2, 0) is 11.3 Å². The summed E-state index contributed by atoms with van der Waals surface area (Å²) in [6.45, 7) is 4.46. The molecule has 0 saturated carbocycles. The van der Waals surface area contributed by atoms with E-state index in [2.05, 4.69) is 5.32 Å². The maximum atomic E-state index is 11.5. The van der Waals surface area contributed by atoms with Crippen molar-refractivity contribution in [1.29, 1.82) is 0 Å². The first-order valence-corrected chi connectivity index (χ1v) is 6.15. The van der Waals surface area contributed by atoms with Crippen molar-refractivity contribution < 1.29 is 14.3 Å². The number of carbonyl (C=O) groups is 1. The van der Waals surface area contributed by atoms with Crippen molar-refractivity contribution in [3.8, 4) is 0 Å². The molecule has 0 fully saturated rings. The summed E-state index contributed by atoms with van der Waals surface area (Å²) in [7, 11) is 0. The van der Waals surface area contributed by atoms with E-state index in [9.17, 15) is 9.90 Å². The van der Waals surface area contributed by atoms with Crippen molar-refractivity contribution in [2.45, 2.75) is 51.6 Å². The van der Waals surface area contributed by atoms with Gasteiger partial charge in [-0.2, -0.15) is 0 Å². The Kier molecular flexibility index (Phi) is 5.22. The highest BCUT2D eigenvalue weighted by Crippen LogP contribution is 2.21. The molecule has 0 spiro atoms. The van der Waals surface area contributed by atoms with Crippen molar-refractivity contribution in [2.24, 2.45) is 0 Å². The number of rotatable bonds is 8. The second-order valence-corrected chi connectivity index (χ2v) is 4.32. The summed E-state index contributed by atoms with van der Waals surface area (Å²) in [6.07, 6.45) is 4.56. The standard InChI is InChI=1S/C13H21NO3/c1-3-7-13(8-4-2,12(15)16)14-10-11-6-5-9-17-11/h5-6,9,14H,3-4,7-8,10H2,1-2H3,(H,15,16). The summed E-state index contributed by atoms with van der Waals surface area (Å²) in [6, 6.07) is 3.65. The summed E-state index contributed by atoms with van der Waals surface area (Å²) in [5.74, 6) is -0.00409. The molecule has 0 atom stereocenters. The monoisotopic (exact) mass is 239 g/mol. The van der Waals surface area contributed by atoms with Crippen molar-refractivity contribution in [3.63, 3.8) is 0 Å². The van der Waals surface area contributed by atoms with E-state index < -0.39 is 11.5 Å². The van der Waals surface area contributed by atoms with Crippen LogP contribution in [0.5, 0.6) is 0 Å². The smallest absolute Gasteiger partial charge is 0.323 e. The molecule has 0 aliphatic heterocycles. The first-order chi connectivity index (χ1) is 8.14. The Balaban J connectivity index is 2.70. The van der Waals surface area contributed by atoms with Crippen LogP contribution < -0.4 is 5.32 Å². The lowest BCUT2D eigenvalue weighted by Crippen LogP contribution is -2.51. The van der Waals surface area contributed by atoms with Crippen LogP contribution in [0.1, 0.15) is 45.3 Å². The van der Waals surface area contributed by atoms with Gasteiger partial charge in [-0.1, -0.05) is 26.7 Å². The quantitative estimate of drug-likeness (QED) is 0.732. The van der Waals surface area contributed by atoms with E-state index in [4.69, 9.17) is 4.42 Å². The molecule has 17 heavy (non-hydrogen) atoms. The van der Waals surface area contributed by atoms with E-state index in [1.165, 1.54) is 0 Å².